The van der Waals surface area contributed by atoms with Gasteiger partial charge in [0.05, 0.1) is 24.2 Å². The van der Waals surface area contributed by atoms with Crippen LogP contribution in [0.5, 0.6) is 5.88 Å². The topological polar surface area (TPSA) is 55.3 Å². The van der Waals surface area contributed by atoms with E-state index in [4.69, 9.17) is 4.74 Å². The first-order valence-corrected chi connectivity index (χ1v) is 8.88. The average molecular weight is 397 g/mol. The lowest BCUT2D eigenvalue weighted by Crippen LogP contribution is -2.32. The number of carbonyl (C=O) groups excluding carboxylic acids is 1. The standard InChI is InChI=1S/C19H19F4N3O2/c1-2-15-17(20)18(25-11-24-15)28-14-6-7-26(10-14)16(27)9-12-4-3-5-13(8-12)19(21,22)23/h3-5,8,11,14H,2,6-7,9-10H2,1H3/t14-/m1/s1. The van der Waals surface area contributed by atoms with Gasteiger partial charge < -0.3 is 9.64 Å². The molecule has 1 aromatic carbocycles. The fourth-order valence-electron chi connectivity index (χ4n) is 3.07. The van der Waals surface area contributed by atoms with Gasteiger partial charge in [-0.3, -0.25) is 4.79 Å². The highest BCUT2D eigenvalue weighted by Crippen LogP contribution is 2.30. The SMILES string of the molecule is CCc1ncnc(O[C@@H]2CCN(C(=O)Cc3cccc(C(F)(F)F)c3)C2)c1F. The minimum atomic E-state index is -4.45. The Morgan fingerprint density at radius 3 is 2.82 bits per heavy atom. The van der Waals surface area contributed by atoms with Crippen LogP contribution in [0.2, 0.25) is 0 Å². The molecule has 1 amide bonds. The molecule has 0 bridgehead atoms. The number of hydrogen-bond donors (Lipinski definition) is 0. The van der Waals surface area contributed by atoms with Gasteiger partial charge in [-0.2, -0.15) is 22.5 Å². The van der Waals surface area contributed by atoms with Crippen LogP contribution in [-0.4, -0.2) is 40.0 Å². The van der Waals surface area contributed by atoms with Gasteiger partial charge in [0.2, 0.25) is 11.7 Å². The molecule has 2 aromatic rings. The lowest BCUT2D eigenvalue weighted by molar-refractivity contribution is -0.138. The van der Waals surface area contributed by atoms with Gasteiger partial charge in [-0.25, -0.2) is 4.98 Å². The average Bonchev–Trinajstić information content (AvgIpc) is 3.12. The highest BCUT2D eigenvalue weighted by molar-refractivity contribution is 5.79. The number of halogens is 4. The van der Waals surface area contributed by atoms with E-state index in [2.05, 4.69) is 9.97 Å². The second kappa shape index (κ2) is 8.12. The molecule has 0 aliphatic carbocycles. The van der Waals surface area contributed by atoms with Crippen LogP contribution in [0.4, 0.5) is 17.6 Å². The van der Waals surface area contributed by atoms with E-state index < -0.39 is 23.7 Å². The summed E-state index contributed by atoms with van der Waals surface area (Å²) >= 11 is 0. The fraction of sp³-hybridized carbons (Fsp3) is 0.421. The maximum Gasteiger partial charge on any atom is 0.416 e. The molecule has 1 aliphatic rings. The molecule has 28 heavy (non-hydrogen) atoms. The van der Waals surface area contributed by atoms with Gasteiger partial charge in [0.1, 0.15) is 12.4 Å². The number of amides is 1. The maximum atomic E-state index is 14.2. The van der Waals surface area contributed by atoms with E-state index >= 15 is 0 Å². The molecule has 2 heterocycles. The lowest BCUT2D eigenvalue weighted by atomic mass is 10.1. The van der Waals surface area contributed by atoms with Crippen LogP contribution in [0.1, 0.15) is 30.2 Å². The van der Waals surface area contributed by atoms with Crippen LogP contribution >= 0.6 is 0 Å². The van der Waals surface area contributed by atoms with Crippen LogP contribution in [-0.2, 0) is 23.8 Å². The Morgan fingerprint density at radius 1 is 1.32 bits per heavy atom. The van der Waals surface area contributed by atoms with Crippen molar-refractivity contribution in [3.63, 3.8) is 0 Å². The molecule has 1 aromatic heterocycles. The Bertz CT molecular complexity index is 857. The largest absolute Gasteiger partial charge is 0.470 e. The second-order valence-corrected chi connectivity index (χ2v) is 6.54. The number of rotatable bonds is 5. The normalized spacial score (nSPS) is 17.0. The van der Waals surface area contributed by atoms with Gasteiger partial charge in [0.15, 0.2) is 0 Å². The number of likely N-dealkylation sites (tertiary alicyclic amines) is 1. The van der Waals surface area contributed by atoms with Crippen molar-refractivity contribution >= 4 is 5.91 Å². The molecule has 0 saturated carbocycles. The van der Waals surface area contributed by atoms with Gasteiger partial charge in [-0.05, 0) is 18.1 Å². The highest BCUT2D eigenvalue weighted by Gasteiger charge is 2.32. The molecule has 1 saturated heterocycles. The number of ether oxygens (including phenoxy) is 1. The van der Waals surface area contributed by atoms with Crippen LogP contribution in [0.3, 0.4) is 0 Å². The molecule has 3 rings (SSSR count). The first-order valence-electron chi connectivity index (χ1n) is 8.88. The molecular formula is C19H19F4N3O2. The zero-order chi connectivity index (χ0) is 20.3. The number of benzene rings is 1. The number of alkyl halides is 3. The first kappa shape index (κ1) is 20.0. The summed E-state index contributed by atoms with van der Waals surface area (Å²) in [6, 6.07) is 4.71. The molecule has 0 spiro atoms. The van der Waals surface area contributed by atoms with E-state index in [1.165, 1.54) is 23.4 Å². The quantitative estimate of drug-likeness (QED) is 0.726. The van der Waals surface area contributed by atoms with Crippen molar-refractivity contribution in [2.24, 2.45) is 0 Å². The van der Waals surface area contributed by atoms with Crippen LogP contribution in [0, 0.1) is 5.82 Å². The Kier molecular flexibility index (Phi) is 5.81. The van der Waals surface area contributed by atoms with Crippen molar-refractivity contribution in [1.82, 2.24) is 14.9 Å². The summed E-state index contributed by atoms with van der Waals surface area (Å²) in [6.07, 6.45) is -2.92. The predicted octanol–water partition coefficient (Wildman–Crippen LogP) is 3.42. The zero-order valence-corrected chi connectivity index (χ0v) is 15.2. The minimum absolute atomic E-state index is 0.140. The number of hydrogen-bond acceptors (Lipinski definition) is 4. The summed E-state index contributed by atoms with van der Waals surface area (Å²) < 4.78 is 58.2. The van der Waals surface area contributed by atoms with Crippen LogP contribution in [0.15, 0.2) is 30.6 Å². The highest BCUT2D eigenvalue weighted by atomic mass is 19.4. The summed E-state index contributed by atoms with van der Waals surface area (Å²) in [5.74, 6) is -1.06. The summed E-state index contributed by atoms with van der Waals surface area (Å²) in [4.78, 5) is 21.6. The first-order chi connectivity index (χ1) is 13.3. The van der Waals surface area contributed by atoms with Gasteiger partial charge in [0, 0.05) is 13.0 Å². The van der Waals surface area contributed by atoms with E-state index in [0.29, 0.717) is 24.9 Å². The summed E-state index contributed by atoms with van der Waals surface area (Å²) in [5, 5.41) is 0. The van der Waals surface area contributed by atoms with Crippen LogP contribution < -0.4 is 4.74 Å². The van der Waals surface area contributed by atoms with E-state index in [9.17, 15) is 22.4 Å². The monoisotopic (exact) mass is 397 g/mol. The van der Waals surface area contributed by atoms with Crippen molar-refractivity contribution < 1.29 is 27.1 Å². The molecular weight excluding hydrogens is 378 g/mol. The fourth-order valence-corrected chi connectivity index (χ4v) is 3.07. The van der Waals surface area contributed by atoms with Crippen LogP contribution in [0.25, 0.3) is 0 Å². The third-order valence-electron chi connectivity index (χ3n) is 4.55. The molecule has 0 radical (unpaired) electrons. The Hall–Kier alpha value is -2.71. The molecule has 5 nitrogen and oxygen atoms in total. The van der Waals surface area contributed by atoms with Crippen molar-refractivity contribution in [1.29, 1.82) is 0 Å². The number of aryl methyl sites for hydroxylation is 1. The Labute approximate surface area is 159 Å². The lowest BCUT2D eigenvalue weighted by Gasteiger charge is -2.18. The molecule has 0 N–H and O–H groups in total. The smallest absolute Gasteiger partial charge is 0.416 e. The molecule has 1 atom stereocenters. The maximum absolute atomic E-state index is 14.2. The molecule has 0 unspecified atom stereocenters. The van der Waals surface area contributed by atoms with Crippen molar-refractivity contribution in [2.75, 3.05) is 13.1 Å². The zero-order valence-electron chi connectivity index (χ0n) is 15.2. The molecule has 9 heteroatoms. The van der Waals surface area contributed by atoms with Crippen molar-refractivity contribution in [3.8, 4) is 5.88 Å². The Balaban J connectivity index is 1.60. The summed E-state index contributed by atoms with van der Waals surface area (Å²) in [7, 11) is 0. The van der Waals surface area contributed by atoms with E-state index in [1.807, 2.05) is 0 Å². The van der Waals surface area contributed by atoms with E-state index in [0.717, 1.165) is 12.1 Å². The van der Waals surface area contributed by atoms with Gasteiger partial charge >= 0.3 is 6.18 Å². The summed E-state index contributed by atoms with van der Waals surface area (Å²) in [5.41, 5.74) is -0.245. The number of carbonyl (C=O) groups is 1. The van der Waals surface area contributed by atoms with Gasteiger partial charge in [-0.15, -0.1) is 0 Å². The van der Waals surface area contributed by atoms with Crippen molar-refractivity contribution in [3.05, 3.63) is 53.2 Å². The van der Waals surface area contributed by atoms with E-state index in [1.54, 1.807) is 6.92 Å². The third kappa shape index (κ3) is 4.58. The van der Waals surface area contributed by atoms with Gasteiger partial charge in [0.25, 0.3) is 5.88 Å². The number of aromatic nitrogens is 2. The predicted molar refractivity (Wildman–Crippen MR) is 92.1 cm³/mol. The molecule has 1 aliphatic heterocycles. The second-order valence-electron chi connectivity index (χ2n) is 6.54. The number of nitrogens with zero attached hydrogens (tertiary/aromatic N) is 3. The minimum Gasteiger partial charge on any atom is -0.470 e. The molecule has 1 fully saturated rings. The van der Waals surface area contributed by atoms with E-state index in [-0.39, 0.29) is 30.4 Å². The summed E-state index contributed by atoms with van der Waals surface area (Å²) in [6.45, 7) is 2.37. The third-order valence-corrected chi connectivity index (χ3v) is 4.55. The van der Waals surface area contributed by atoms with Crippen molar-refractivity contribution in [2.45, 2.75) is 38.5 Å². The Morgan fingerprint density at radius 2 is 2.11 bits per heavy atom. The molecule has 150 valence electrons. The van der Waals surface area contributed by atoms with Gasteiger partial charge in [-0.1, -0.05) is 25.1 Å².